The van der Waals surface area contributed by atoms with Gasteiger partial charge in [0.05, 0.1) is 19.3 Å². The highest BCUT2D eigenvalue weighted by molar-refractivity contribution is 6.74. The molecule has 0 aliphatic heterocycles. The molecule has 96 valence electrons. The first-order valence-electron chi connectivity index (χ1n) is 5.71. The quantitative estimate of drug-likeness (QED) is 0.558. The first-order valence-corrected chi connectivity index (χ1v) is 8.62. The summed E-state index contributed by atoms with van der Waals surface area (Å²) < 4.78 is 5.87. The van der Waals surface area contributed by atoms with E-state index in [2.05, 4.69) is 40.4 Å². The lowest BCUT2D eigenvalue weighted by Gasteiger charge is -2.37. The van der Waals surface area contributed by atoms with Crippen LogP contribution in [-0.2, 0) is 4.43 Å². The molecule has 0 saturated heterocycles. The first-order chi connectivity index (χ1) is 7.15. The van der Waals surface area contributed by atoms with Gasteiger partial charge in [-0.1, -0.05) is 26.8 Å². The molecule has 0 radical (unpaired) electrons. The Morgan fingerprint density at radius 1 is 1.38 bits per heavy atom. The Morgan fingerprint density at radius 3 is 2.19 bits per heavy atom. The van der Waals surface area contributed by atoms with Gasteiger partial charge < -0.3 is 14.6 Å². The largest absolute Gasteiger partial charge is 0.414 e. The van der Waals surface area contributed by atoms with Crippen LogP contribution in [0.15, 0.2) is 12.7 Å². The van der Waals surface area contributed by atoms with Crippen LogP contribution in [0.25, 0.3) is 0 Å². The third-order valence-electron chi connectivity index (χ3n) is 3.43. The maximum absolute atomic E-state index is 9.80. The predicted octanol–water partition coefficient (Wildman–Crippen LogP) is 2.16. The number of aliphatic hydroxyl groups excluding tert-OH is 2. The van der Waals surface area contributed by atoms with Crippen LogP contribution < -0.4 is 0 Å². The van der Waals surface area contributed by atoms with E-state index < -0.39 is 14.4 Å². The van der Waals surface area contributed by atoms with Crippen molar-refractivity contribution in [1.82, 2.24) is 0 Å². The first kappa shape index (κ1) is 15.8. The Kier molecular flexibility index (Phi) is 5.90. The monoisotopic (exact) mass is 246 g/mol. The topological polar surface area (TPSA) is 49.7 Å². The molecule has 0 unspecified atom stereocenters. The maximum atomic E-state index is 9.80. The fraction of sp³-hybridized carbons (Fsp3) is 0.833. The second kappa shape index (κ2) is 5.96. The van der Waals surface area contributed by atoms with Gasteiger partial charge in [-0.25, -0.2) is 0 Å². The lowest BCUT2D eigenvalue weighted by atomic mass is 10.1. The SMILES string of the molecule is C=C[C@@H](CO)[C@@H](O)CO[Si](C)(C)C(C)(C)C. The molecule has 2 atom stereocenters. The zero-order valence-electron chi connectivity index (χ0n) is 11.2. The molecule has 0 spiro atoms. The van der Waals surface area contributed by atoms with E-state index in [0.717, 1.165) is 0 Å². The summed E-state index contributed by atoms with van der Waals surface area (Å²) in [7, 11) is -1.81. The van der Waals surface area contributed by atoms with Crippen molar-refractivity contribution in [2.24, 2.45) is 5.92 Å². The molecule has 0 saturated carbocycles. The number of hydrogen-bond donors (Lipinski definition) is 2. The molecule has 0 fully saturated rings. The molecule has 3 nitrogen and oxygen atoms in total. The third-order valence-corrected chi connectivity index (χ3v) is 7.93. The standard InChI is InChI=1S/C12H26O3Si/c1-7-10(8-13)11(14)9-15-16(5,6)12(2,3)4/h7,10-11,13-14H,1,8-9H2,2-6H3/t10-,11-/m0/s1. The van der Waals surface area contributed by atoms with Crippen molar-refractivity contribution in [3.63, 3.8) is 0 Å². The van der Waals surface area contributed by atoms with E-state index in [4.69, 9.17) is 9.53 Å². The van der Waals surface area contributed by atoms with Crippen LogP contribution in [-0.4, -0.2) is 37.8 Å². The van der Waals surface area contributed by atoms with Crippen LogP contribution in [0.2, 0.25) is 18.1 Å². The van der Waals surface area contributed by atoms with Gasteiger partial charge in [0.25, 0.3) is 0 Å². The molecule has 0 heterocycles. The molecule has 0 bridgehead atoms. The van der Waals surface area contributed by atoms with Crippen molar-refractivity contribution in [2.45, 2.75) is 45.0 Å². The fourth-order valence-corrected chi connectivity index (χ4v) is 2.01. The normalized spacial score (nSPS) is 16.9. The molecule has 0 aliphatic rings. The van der Waals surface area contributed by atoms with Gasteiger partial charge in [0.15, 0.2) is 8.32 Å². The van der Waals surface area contributed by atoms with E-state index in [9.17, 15) is 5.11 Å². The zero-order valence-corrected chi connectivity index (χ0v) is 12.2. The van der Waals surface area contributed by atoms with Gasteiger partial charge in [0.2, 0.25) is 0 Å². The molecule has 0 rings (SSSR count). The van der Waals surface area contributed by atoms with Crippen LogP contribution in [0.5, 0.6) is 0 Å². The van der Waals surface area contributed by atoms with Crippen LogP contribution >= 0.6 is 0 Å². The number of hydrogen-bond acceptors (Lipinski definition) is 3. The highest BCUT2D eigenvalue weighted by atomic mass is 28.4. The molecule has 2 N–H and O–H groups in total. The molecular formula is C12H26O3Si. The Hall–Kier alpha value is -0.163. The van der Waals surface area contributed by atoms with Crippen molar-refractivity contribution >= 4 is 8.32 Å². The highest BCUT2D eigenvalue weighted by Gasteiger charge is 2.37. The van der Waals surface area contributed by atoms with Gasteiger partial charge >= 0.3 is 0 Å². The minimum Gasteiger partial charge on any atom is -0.414 e. The van der Waals surface area contributed by atoms with E-state index in [1.165, 1.54) is 0 Å². The molecule has 4 heteroatoms. The zero-order chi connectivity index (χ0) is 13.0. The second-order valence-corrected chi connectivity index (χ2v) is 10.5. The minimum absolute atomic E-state index is 0.0917. The highest BCUT2D eigenvalue weighted by Crippen LogP contribution is 2.36. The number of rotatable bonds is 6. The molecule has 0 aliphatic carbocycles. The Labute approximate surface area is 100 Å². The van der Waals surface area contributed by atoms with E-state index in [0.29, 0.717) is 0 Å². The summed E-state index contributed by atoms with van der Waals surface area (Å²) >= 11 is 0. The third kappa shape index (κ3) is 4.37. The summed E-state index contributed by atoms with van der Waals surface area (Å²) in [6, 6.07) is 0. The van der Waals surface area contributed by atoms with E-state index in [1.54, 1.807) is 6.08 Å². The molecule has 0 aromatic rings. The van der Waals surface area contributed by atoms with E-state index in [1.807, 2.05) is 0 Å². The average molecular weight is 246 g/mol. The number of aliphatic hydroxyl groups is 2. The van der Waals surface area contributed by atoms with E-state index >= 15 is 0 Å². The minimum atomic E-state index is -1.81. The van der Waals surface area contributed by atoms with Gasteiger partial charge in [0, 0.05) is 5.92 Å². The van der Waals surface area contributed by atoms with Gasteiger partial charge in [0.1, 0.15) is 0 Å². The summed E-state index contributed by atoms with van der Waals surface area (Å²) in [5.74, 6) is -0.301. The van der Waals surface area contributed by atoms with Crippen LogP contribution in [0.3, 0.4) is 0 Å². The predicted molar refractivity (Wildman–Crippen MR) is 69.9 cm³/mol. The summed E-state index contributed by atoms with van der Waals surface area (Å²) in [6.07, 6.45) is 0.899. The average Bonchev–Trinajstić information content (AvgIpc) is 2.15. The molecule has 0 aromatic carbocycles. The Balaban J connectivity index is 4.29. The maximum Gasteiger partial charge on any atom is 0.192 e. The lowest BCUT2D eigenvalue weighted by Crippen LogP contribution is -2.43. The molecule has 16 heavy (non-hydrogen) atoms. The van der Waals surface area contributed by atoms with Gasteiger partial charge in [-0.2, -0.15) is 0 Å². The van der Waals surface area contributed by atoms with Gasteiger partial charge in [-0.05, 0) is 18.1 Å². The Morgan fingerprint density at radius 2 is 1.88 bits per heavy atom. The van der Waals surface area contributed by atoms with Gasteiger partial charge in [-0.15, -0.1) is 6.58 Å². The smallest absolute Gasteiger partial charge is 0.192 e. The van der Waals surface area contributed by atoms with Crippen molar-refractivity contribution < 1.29 is 14.6 Å². The molecule has 0 aromatic heterocycles. The van der Waals surface area contributed by atoms with Crippen molar-refractivity contribution in [3.8, 4) is 0 Å². The van der Waals surface area contributed by atoms with Crippen molar-refractivity contribution in [1.29, 1.82) is 0 Å². The summed E-state index contributed by atoms with van der Waals surface area (Å²) in [5.41, 5.74) is 0. The van der Waals surface area contributed by atoms with Crippen molar-refractivity contribution in [2.75, 3.05) is 13.2 Å². The molecular weight excluding hydrogens is 220 g/mol. The van der Waals surface area contributed by atoms with E-state index in [-0.39, 0.29) is 24.2 Å². The summed E-state index contributed by atoms with van der Waals surface area (Å²) in [6.45, 7) is 14.5. The van der Waals surface area contributed by atoms with Crippen molar-refractivity contribution in [3.05, 3.63) is 12.7 Å². The second-order valence-electron chi connectivity index (χ2n) is 5.72. The van der Waals surface area contributed by atoms with Crippen LogP contribution in [0.4, 0.5) is 0 Å². The van der Waals surface area contributed by atoms with Gasteiger partial charge in [-0.3, -0.25) is 0 Å². The summed E-state index contributed by atoms with van der Waals surface area (Å²) in [4.78, 5) is 0. The fourth-order valence-electron chi connectivity index (χ4n) is 0.987. The Bertz CT molecular complexity index is 221. The summed E-state index contributed by atoms with van der Waals surface area (Å²) in [5, 5.41) is 18.9. The van der Waals surface area contributed by atoms with Crippen LogP contribution in [0.1, 0.15) is 20.8 Å². The van der Waals surface area contributed by atoms with Crippen LogP contribution in [0, 0.1) is 5.92 Å². The lowest BCUT2D eigenvalue weighted by molar-refractivity contribution is 0.0454. The molecule has 0 amide bonds.